The molecule has 9 nitrogen and oxygen atoms in total. The molecule has 21 heavy (non-hydrogen) atoms. The molecule has 0 radical (unpaired) electrons. The van der Waals surface area contributed by atoms with E-state index in [2.05, 4.69) is 20.6 Å². The van der Waals surface area contributed by atoms with E-state index < -0.39 is 20.3 Å². The molecule has 1 fully saturated rings. The molecule has 2 N–H and O–H groups in total. The quantitative estimate of drug-likeness (QED) is 0.603. The van der Waals surface area contributed by atoms with Crippen LogP contribution in [-0.4, -0.2) is 46.9 Å². The summed E-state index contributed by atoms with van der Waals surface area (Å²) in [5.74, 6) is 0.141. The second-order valence-electron chi connectivity index (χ2n) is 5.23. The summed E-state index contributed by atoms with van der Waals surface area (Å²) in [7, 11) is -3.12. The van der Waals surface area contributed by atoms with Gasteiger partial charge in [0.25, 0.3) is 0 Å². The van der Waals surface area contributed by atoms with E-state index in [9.17, 15) is 18.5 Å². The van der Waals surface area contributed by atoms with Gasteiger partial charge in [-0.25, -0.2) is 18.4 Å². The zero-order chi connectivity index (χ0) is 15.7. The fourth-order valence-electron chi connectivity index (χ4n) is 2.33. The second-order valence-corrected chi connectivity index (χ2v) is 7.42. The summed E-state index contributed by atoms with van der Waals surface area (Å²) in [6, 6.07) is 0. The highest BCUT2D eigenvalue weighted by Crippen LogP contribution is 2.33. The molecule has 1 aliphatic rings. The third-order valence-electron chi connectivity index (χ3n) is 3.27. The molecule has 1 unspecified atom stereocenters. The van der Waals surface area contributed by atoms with Gasteiger partial charge in [0.05, 0.1) is 22.0 Å². The number of aromatic nitrogens is 2. The number of nitro groups is 1. The molecule has 2 rings (SSSR count). The molecule has 0 amide bonds. The van der Waals surface area contributed by atoms with E-state index in [1.807, 2.05) is 0 Å². The first kappa shape index (κ1) is 15.4. The summed E-state index contributed by atoms with van der Waals surface area (Å²) in [6.07, 6.45) is 1.59. The van der Waals surface area contributed by atoms with Gasteiger partial charge in [0.2, 0.25) is 11.6 Å². The Morgan fingerprint density at radius 1 is 1.43 bits per heavy atom. The lowest BCUT2D eigenvalue weighted by atomic mass is 10.0. The van der Waals surface area contributed by atoms with Gasteiger partial charge in [-0.2, -0.15) is 0 Å². The molecule has 0 bridgehead atoms. The van der Waals surface area contributed by atoms with Gasteiger partial charge in [0, 0.05) is 6.54 Å². The predicted octanol–water partition coefficient (Wildman–Crippen LogP) is 0.806. The van der Waals surface area contributed by atoms with Crippen LogP contribution in [0.15, 0.2) is 6.33 Å². The van der Waals surface area contributed by atoms with E-state index in [0.29, 0.717) is 13.0 Å². The average molecular weight is 315 g/mol. The van der Waals surface area contributed by atoms with Crippen LogP contribution in [0.5, 0.6) is 0 Å². The van der Waals surface area contributed by atoms with Crippen LogP contribution < -0.4 is 10.6 Å². The van der Waals surface area contributed by atoms with Crippen LogP contribution in [0, 0.1) is 10.1 Å². The lowest BCUT2D eigenvalue weighted by Crippen LogP contribution is -2.36. The van der Waals surface area contributed by atoms with Crippen molar-refractivity contribution < 1.29 is 13.3 Å². The number of nitrogens with zero attached hydrogens (tertiary/aromatic N) is 3. The van der Waals surface area contributed by atoms with Gasteiger partial charge in [-0.05, 0) is 20.3 Å². The van der Waals surface area contributed by atoms with Crippen molar-refractivity contribution in [3.05, 3.63) is 16.4 Å². The summed E-state index contributed by atoms with van der Waals surface area (Å²) in [5.41, 5.74) is -1.04. The molecule has 1 aromatic heterocycles. The molecule has 1 aromatic rings. The lowest BCUT2D eigenvalue weighted by Gasteiger charge is -2.24. The van der Waals surface area contributed by atoms with Crippen LogP contribution in [-0.2, 0) is 9.84 Å². The molecule has 1 aliphatic heterocycles. The fourth-order valence-corrected chi connectivity index (χ4v) is 4.43. The molecule has 116 valence electrons. The first-order valence-electron chi connectivity index (χ1n) is 6.48. The van der Waals surface area contributed by atoms with E-state index >= 15 is 0 Å². The Morgan fingerprint density at radius 2 is 2.10 bits per heavy atom. The highest BCUT2D eigenvalue weighted by Gasteiger charge is 2.40. The minimum absolute atomic E-state index is 0.0329. The van der Waals surface area contributed by atoms with Crippen molar-refractivity contribution in [2.45, 2.75) is 25.8 Å². The topological polar surface area (TPSA) is 127 Å². The van der Waals surface area contributed by atoms with Crippen LogP contribution in [0.4, 0.5) is 17.3 Å². The number of hydrogen-bond acceptors (Lipinski definition) is 8. The molecule has 0 aromatic carbocycles. The number of hydrogen-bond donors (Lipinski definition) is 2. The molecule has 10 heteroatoms. The maximum atomic E-state index is 11.6. The summed E-state index contributed by atoms with van der Waals surface area (Å²) >= 11 is 0. The van der Waals surface area contributed by atoms with E-state index in [1.54, 1.807) is 13.8 Å². The largest absolute Gasteiger partial charge is 0.364 e. The van der Waals surface area contributed by atoms with Crippen molar-refractivity contribution >= 4 is 27.2 Å². The van der Waals surface area contributed by atoms with E-state index in [4.69, 9.17) is 0 Å². The first-order valence-corrected chi connectivity index (χ1v) is 8.30. The van der Waals surface area contributed by atoms with E-state index in [0.717, 1.165) is 0 Å². The van der Waals surface area contributed by atoms with Crippen LogP contribution in [0.25, 0.3) is 0 Å². The molecule has 1 atom stereocenters. The van der Waals surface area contributed by atoms with Crippen molar-refractivity contribution in [3.8, 4) is 0 Å². The van der Waals surface area contributed by atoms with E-state index in [1.165, 1.54) is 6.33 Å². The smallest absolute Gasteiger partial charge is 0.353 e. The number of rotatable bonds is 5. The number of sulfone groups is 1. The van der Waals surface area contributed by atoms with Crippen molar-refractivity contribution in [2.75, 3.05) is 28.7 Å². The van der Waals surface area contributed by atoms with Gasteiger partial charge >= 0.3 is 5.69 Å². The van der Waals surface area contributed by atoms with Crippen LogP contribution in [0.2, 0.25) is 0 Å². The van der Waals surface area contributed by atoms with Crippen molar-refractivity contribution in [1.29, 1.82) is 0 Å². The molecular formula is C11H17N5O4S. The van der Waals surface area contributed by atoms with Gasteiger partial charge in [-0.1, -0.05) is 0 Å². The Morgan fingerprint density at radius 3 is 2.62 bits per heavy atom. The lowest BCUT2D eigenvalue weighted by molar-refractivity contribution is -0.383. The molecule has 0 spiro atoms. The molecule has 0 saturated carbocycles. The maximum absolute atomic E-state index is 11.6. The Bertz CT molecular complexity index is 663. The minimum Gasteiger partial charge on any atom is -0.364 e. The van der Waals surface area contributed by atoms with Gasteiger partial charge in [0.15, 0.2) is 9.84 Å². The standard InChI is InChI=1S/C11H17N5O4S/c1-3-12-9-8(16(17)18)10(14-7-13-9)15-11(2)4-5-21(19,20)6-11/h7H,3-6H2,1-2H3,(H2,12,13,14,15). The summed E-state index contributed by atoms with van der Waals surface area (Å²) in [5, 5.41) is 17.0. The van der Waals surface area contributed by atoms with Gasteiger partial charge in [-0.15, -0.1) is 0 Å². The van der Waals surface area contributed by atoms with Gasteiger partial charge in [0.1, 0.15) is 6.33 Å². The highest BCUT2D eigenvalue weighted by atomic mass is 32.2. The van der Waals surface area contributed by atoms with Crippen molar-refractivity contribution in [1.82, 2.24) is 9.97 Å². The Kier molecular flexibility index (Phi) is 3.99. The van der Waals surface area contributed by atoms with Crippen LogP contribution >= 0.6 is 0 Å². The summed E-state index contributed by atoms with van der Waals surface area (Å²) < 4.78 is 23.2. The Hall–Kier alpha value is -1.97. The summed E-state index contributed by atoms with van der Waals surface area (Å²) in [4.78, 5) is 18.4. The third kappa shape index (κ3) is 3.38. The zero-order valence-corrected chi connectivity index (χ0v) is 12.6. The van der Waals surface area contributed by atoms with Crippen LogP contribution in [0.3, 0.4) is 0 Å². The second kappa shape index (κ2) is 5.43. The van der Waals surface area contributed by atoms with E-state index in [-0.39, 0.29) is 28.8 Å². The SMILES string of the molecule is CCNc1ncnc(NC2(C)CCS(=O)(=O)C2)c1[N+](=O)[O-]. The van der Waals surface area contributed by atoms with Crippen molar-refractivity contribution in [3.63, 3.8) is 0 Å². The molecule has 2 heterocycles. The normalized spacial score (nSPS) is 23.7. The van der Waals surface area contributed by atoms with Crippen LogP contribution in [0.1, 0.15) is 20.3 Å². The summed E-state index contributed by atoms with van der Waals surface area (Å²) in [6.45, 7) is 3.99. The average Bonchev–Trinajstić information content (AvgIpc) is 2.63. The molecule has 1 saturated heterocycles. The number of nitrogens with one attached hydrogen (secondary N) is 2. The predicted molar refractivity (Wildman–Crippen MR) is 78.1 cm³/mol. The van der Waals surface area contributed by atoms with Gasteiger partial charge in [-0.3, -0.25) is 10.1 Å². The van der Waals surface area contributed by atoms with Crippen molar-refractivity contribution in [2.24, 2.45) is 0 Å². The number of anilines is 2. The molecular weight excluding hydrogens is 298 g/mol. The van der Waals surface area contributed by atoms with Gasteiger partial charge < -0.3 is 10.6 Å². The Labute approximate surface area is 122 Å². The molecule has 0 aliphatic carbocycles. The maximum Gasteiger partial charge on any atom is 0.353 e. The fraction of sp³-hybridized carbons (Fsp3) is 0.636. The third-order valence-corrected chi connectivity index (χ3v) is 5.18. The minimum atomic E-state index is -3.12. The zero-order valence-electron chi connectivity index (χ0n) is 11.8. The monoisotopic (exact) mass is 315 g/mol. The Balaban J connectivity index is 2.36. The highest BCUT2D eigenvalue weighted by molar-refractivity contribution is 7.91. The first-order chi connectivity index (χ1) is 9.76.